The molecule has 0 heterocycles. The molecule has 1 aromatic carbocycles. The van der Waals surface area contributed by atoms with E-state index in [0.717, 1.165) is 12.8 Å². The van der Waals surface area contributed by atoms with Gasteiger partial charge in [-0.3, -0.25) is 4.79 Å². The molecule has 0 aromatic heterocycles. The van der Waals surface area contributed by atoms with Crippen LogP contribution in [0.1, 0.15) is 33.6 Å². The van der Waals surface area contributed by atoms with Gasteiger partial charge in [-0.05, 0) is 43.9 Å². The van der Waals surface area contributed by atoms with E-state index in [1.54, 1.807) is 25.1 Å². The molecule has 0 spiro atoms. The van der Waals surface area contributed by atoms with Crippen molar-refractivity contribution in [3.8, 4) is 0 Å². The van der Waals surface area contributed by atoms with Gasteiger partial charge in [-0.15, -0.1) is 0 Å². The minimum atomic E-state index is -0.503. The fourth-order valence-corrected chi connectivity index (χ4v) is 1.89. The third-order valence-electron chi connectivity index (χ3n) is 2.93. The lowest BCUT2D eigenvalue weighted by Crippen LogP contribution is -2.28. The number of ether oxygens (including phenoxy) is 1. The molecule has 0 bridgehead atoms. The molecule has 1 unspecified atom stereocenters. The summed E-state index contributed by atoms with van der Waals surface area (Å²) in [5, 5.41) is 3.28. The summed E-state index contributed by atoms with van der Waals surface area (Å²) >= 11 is 5.81. The Bertz CT molecular complexity index is 449. The van der Waals surface area contributed by atoms with Gasteiger partial charge >= 0.3 is 0 Å². The molecule has 0 aliphatic heterocycles. The van der Waals surface area contributed by atoms with Crippen LogP contribution in [-0.4, -0.2) is 18.6 Å². The van der Waals surface area contributed by atoms with E-state index in [1.807, 2.05) is 0 Å². The lowest BCUT2D eigenvalue weighted by Gasteiger charge is -2.15. The Kier molecular flexibility index (Phi) is 6.82. The smallest absolute Gasteiger partial charge is 0.253 e. The van der Waals surface area contributed by atoms with Crippen LogP contribution in [0.3, 0.4) is 0 Å². The standard InChI is InChI=1S/C15H23ClN2O2/c1-10(2)5-4-8-20-11(3)15(19)18-14-7-6-12(16)9-13(14)17/h6-7,9-11H,4-5,8,17H2,1-3H3,(H,18,19). The zero-order valence-corrected chi connectivity index (χ0v) is 13.0. The number of amides is 1. The highest BCUT2D eigenvalue weighted by Gasteiger charge is 2.14. The van der Waals surface area contributed by atoms with Gasteiger partial charge in [-0.25, -0.2) is 0 Å². The Morgan fingerprint density at radius 2 is 2.10 bits per heavy atom. The van der Waals surface area contributed by atoms with Crippen LogP contribution in [0.4, 0.5) is 11.4 Å². The third kappa shape index (κ3) is 5.80. The summed E-state index contributed by atoms with van der Waals surface area (Å²) in [4.78, 5) is 12.0. The van der Waals surface area contributed by atoms with Crippen LogP contribution < -0.4 is 11.1 Å². The van der Waals surface area contributed by atoms with Gasteiger partial charge in [0.15, 0.2) is 0 Å². The summed E-state index contributed by atoms with van der Waals surface area (Å²) in [5.74, 6) is 0.445. The highest BCUT2D eigenvalue weighted by Crippen LogP contribution is 2.22. The molecular weight excluding hydrogens is 276 g/mol. The number of benzene rings is 1. The predicted octanol–water partition coefficient (Wildman–Crippen LogP) is 3.70. The third-order valence-corrected chi connectivity index (χ3v) is 3.17. The summed E-state index contributed by atoms with van der Waals surface area (Å²) in [6.07, 6.45) is 1.55. The van der Waals surface area contributed by atoms with Crippen molar-refractivity contribution in [2.24, 2.45) is 5.92 Å². The van der Waals surface area contributed by atoms with Gasteiger partial charge < -0.3 is 15.8 Å². The number of halogens is 1. The largest absolute Gasteiger partial charge is 0.397 e. The maximum Gasteiger partial charge on any atom is 0.253 e. The zero-order valence-electron chi connectivity index (χ0n) is 12.3. The number of anilines is 2. The van der Waals surface area contributed by atoms with Gasteiger partial charge in [0.2, 0.25) is 0 Å². The van der Waals surface area contributed by atoms with Gasteiger partial charge in [0, 0.05) is 11.6 Å². The number of hydrogen-bond acceptors (Lipinski definition) is 3. The lowest BCUT2D eigenvalue weighted by molar-refractivity contribution is -0.126. The van der Waals surface area contributed by atoms with Crippen molar-refractivity contribution in [3.05, 3.63) is 23.2 Å². The van der Waals surface area contributed by atoms with Gasteiger partial charge in [0.1, 0.15) is 6.10 Å². The molecule has 1 amide bonds. The van der Waals surface area contributed by atoms with E-state index in [0.29, 0.717) is 28.9 Å². The van der Waals surface area contributed by atoms with Gasteiger partial charge in [0.05, 0.1) is 11.4 Å². The molecule has 0 fully saturated rings. The first-order valence-electron chi connectivity index (χ1n) is 6.87. The van der Waals surface area contributed by atoms with Crippen LogP contribution >= 0.6 is 11.6 Å². The second kappa shape index (κ2) is 8.12. The van der Waals surface area contributed by atoms with E-state index in [9.17, 15) is 4.79 Å². The maximum atomic E-state index is 12.0. The van der Waals surface area contributed by atoms with Crippen LogP contribution in [0.2, 0.25) is 5.02 Å². The summed E-state index contributed by atoms with van der Waals surface area (Å²) in [6.45, 7) is 6.65. The summed E-state index contributed by atoms with van der Waals surface area (Å²) in [7, 11) is 0. The normalized spacial score (nSPS) is 12.4. The van der Waals surface area contributed by atoms with Crippen molar-refractivity contribution in [1.82, 2.24) is 0 Å². The fourth-order valence-electron chi connectivity index (χ4n) is 1.71. The molecular formula is C15H23ClN2O2. The van der Waals surface area contributed by atoms with Gasteiger partial charge in [0.25, 0.3) is 5.91 Å². The lowest BCUT2D eigenvalue weighted by atomic mass is 10.1. The van der Waals surface area contributed by atoms with E-state index < -0.39 is 6.10 Å². The maximum absolute atomic E-state index is 12.0. The predicted molar refractivity (Wildman–Crippen MR) is 84.0 cm³/mol. The molecule has 1 atom stereocenters. The molecule has 3 N–H and O–H groups in total. The fraction of sp³-hybridized carbons (Fsp3) is 0.533. The minimum Gasteiger partial charge on any atom is -0.397 e. The zero-order chi connectivity index (χ0) is 15.1. The Hall–Kier alpha value is -1.26. The molecule has 5 heteroatoms. The average molecular weight is 299 g/mol. The topological polar surface area (TPSA) is 64.3 Å². The molecule has 0 aliphatic carbocycles. The van der Waals surface area contributed by atoms with Gasteiger partial charge in [-0.1, -0.05) is 25.4 Å². The monoisotopic (exact) mass is 298 g/mol. The van der Waals surface area contributed by atoms with E-state index in [1.165, 1.54) is 0 Å². The Balaban J connectivity index is 2.41. The molecule has 0 saturated carbocycles. The summed E-state index contributed by atoms with van der Waals surface area (Å²) in [6, 6.07) is 4.97. The number of hydrogen-bond donors (Lipinski definition) is 2. The van der Waals surface area contributed by atoms with Crippen molar-refractivity contribution in [2.45, 2.75) is 39.7 Å². The first kappa shape index (κ1) is 16.8. The second-order valence-electron chi connectivity index (χ2n) is 5.27. The van der Waals surface area contributed by atoms with Crippen molar-refractivity contribution >= 4 is 28.9 Å². The first-order valence-corrected chi connectivity index (χ1v) is 7.25. The quantitative estimate of drug-likeness (QED) is 0.596. The minimum absolute atomic E-state index is 0.205. The Morgan fingerprint density at radius 1 is 1.40 bits per heavy atom. The summed E-state index contributed by atoms with van der Waals surface area (Å²) in [5.41, 5.74) is 6.78. The van der Waals surface area contributed by atoms with E-state index in [2.05, 4.69) is 19.2 Å². The second-order valence-corrected chi connectivity index (χ2v) is 5.71. The SMILES string of the molecule is CC(C)CCCOC(C)C(=O)Nc1ccc(Cl)cc1N. The number of carbonyl (C=O) groups excluding carboxylic acids is 1. The van der Waals surface area contributed by atoms with Crippen LogP contribution in [0.5, 0.6) is 0 Å². The number of nitrogens with one attached hydrogen (secondary N) is 1. The number of rotatable bonds is 7. The van der Waals surface area contributed by atoms with E-state index in [-0.39, 0.29) is 5.91 Å². The average Bonchev–Trinajstić information content (AvgIpc) is 2.37. The van der Waals surface area contributed by atoms with Crippen molar-refractivity contribution in [2.75, 3.05) is 17.7 Å². The van der Waals surface area contributed by atoms with Crippen LogP contribution in [-0.2, 0) is 9.53 Å². The molecule has 4 nitrogen and oxygen atoms in total. The molecule has 0 radical (unpaired) electrons. The molecule has 0 aliphatic rings. The number of nitrogen functional groups attached to an aromatic ring is 1. The van der Waals surface area contributed by atoms with Crippen LogP contribution in [0.25, 0.3) is 0 Å². The molecule has 112 valence electrons. The van der Waals surface area contributed by atoms with Crippen molar-refractivity contribution in [1.29, 1.82) is 0 Å². The highest BCUT2D eigenvalue weighted by molar-refractivity contribution is 6.31. The first-order chi connectivity index (χ1) is 9.40. The number of carbonyl (C=O) groups is 1. The van der Waals surface area contributed by atoms with Crippen LogP contribution in [0.15, 0.2) is 18.2 Å². The molecule has 20 heavy (non-hydrogen) atoms. The van der Waals surface area contributed by atoms with Crippen molar-refractivity contribution < 1.29 is 9.53 Å². The Labute approximate surface area is 125 Å². The van der Waals surface area contributed by atoms with E-state index >= 15 is 0 Å². The molecule has 1 rings (SSSR count). The van der Waals surface area contributed by atoms with E-state index in [4.69, 9.17) is 22.1 Å². The summed E-state index contributed by atoms with van der Waals surface area (Å²) < 4.78 is 5.51. The highest BCUT2D eigenvalue weighted by atomic mass is 35.5. The van der Waals surface area contributed by atoms with Crippen LogP contribution in [0, 0.1) is 5.92 Å². The number of nitrogens with two attached hydrogens (primary N) is 1. The Morgan fingerprint density at radius 3 is 2.70 bits per heavy atom. The molecule has 1 aromatic rings. The van der Waals surface area contributed by atoms with Crippen molar-refractivity contribution in [3.63, 3.8) is 0 Å². The molecule has 0 saturated heterocycles. The van der Waals surface area contributed by atoms with Gasteiger partial charge in [-0.2, -0.15) is 0 Å².